The van der Waals surface area contributed by atoms with E-state index in [1.54, 1.807) is 39.0 Å². The molecule has 0 radical (unpaired) electrons. The molecule has 2 fully saturated rings. The van der Waals surface area contributed by atoms with E-state index in [0.29, 0.717) is 17.1 Å². The molecule has 2 amide bonds. The first-order chi connectivity index (χ1) is 13.1. The zero-order valence-electron chi connectivity index (χ0n) is 16.4. The third-order valence-electron chi connectivity index (χ3n) is 5.71. The Morgan fingerprint density at radius 3 is 2.29 bits per heavy atom. The molecule has 1 aromatic carbocycles. The maximum absolute atomic E-state index is 12.7. The van der Waals surface area contributed by atoms with Crippen LogP contribution in [0.25, 0.3) is 0 Å². The van der Waals surface area contributed by atoms with Crippen molar-refractivity contribution in [1.29, 1.82) is 0 Å². The van der Waals surface area contributed by atoms with E-state index in [0.717, 1.165) is 0 Å². The van der Waals surface area contributed by atoms with Gasteiger partial charge in [0.15, 0.2) is 5.54 Å². The highest BCUT2D eigenvalue weighted by Gasteiger charge is 2.70. The van der Waals surface area contributed by atoms with Gasteiger partial charge in [0.1, 0.15) is 22.9 Å². The van der Waals surface area contributed by atoms with E-state index in [2.05, 4.69) is 5.32 Å². The van der Waals surface area contributed by atoms with Gasteiger partial charge in [-0.25, -0.2) is 4.79 Å². The van der Waals surface area contributed by atoms with Crippen molar-refractivity contribution < 1.29 is 29.0 Å². The van der Waals surface area contributed by atoms with E-state index in [1.165, 1.54) is 30.9 Å². The standard InChI is InChI=1S/C19H24N2O6S/c1-18(2)19(3,17(24)25)21-15(23)14(16(21)28-18)20-13(22)9-10-11(26-4)7-6-8-12(10)27-5/h6-8,14,16H,9H2,1-5H3,(H,20,22)(H,24,25)/t14?,16-,19?/m1/s1. The molecule has 2 aliphatic heterocycles. The van der Waals surface area contributed by atoms with Gasteiger partial charge in [-0.3, -0.25) is 9.59 Å². The Balaban J connectivity index is 1.76. The van der Waals surface area contributed by atoms with Crippen LogP contribution in [0, 0.1) is 0 Å². The Labute approximate surface area is 167 Å². The number of β-lactam (4-membered cyclic amide) rings is 1. The molecule has 1 aromatic rings. The molecule has 2 N–H and O–H groups in total. The van der Waals surface area contributed by atoms with E-state index in [4.69, 9.17) is 9.47 Å². The fraction of sp³-hybridized carbons (Fsp3) is 0.526. The van der Waals surface area contributed by atoms with Crippen LogP contribution in [0.4, 0.5) is 0 Å². The van der Waals surface area contributed by atoms with Crippen LogP contribution < -0.4 is 14.8 Å². The van der Waals surface area contributed by atoms with E-state index < -0.39 is 27.7 Å². The Kier molecular flexibility index (Phi) is 4.99. The lowest BCUT2D eigenvalue weighted by molar-refractivity contribution is -0.170. The molecule has 3 rings (SSSR count). The number of aliphatic carboxylic acids is 1. The number of hydrogen-bond acceptors (Lipinski definition) is 6. The summed E-state index contributed by atoms with van der Waals surface area (Å²) in [6.45, 7) is 5.16. The number of benzene rings is 1. The number of methoxy groups -OCH3 is 2. The number of thioether (sulfide) groups is 1. The molecule has 0 aromatic heterocycles. The van der Waals surface area contributed by atoms with Crippen LogP contribution in [0.5, 0.6) is 11.5 Å². The first-order valence-electron chi connectivity index (χ1n) is 8.82. The molecule has 8 nitrogen and oxygen atoms in total. The van der Waals surface area contributed by atoms with Crippen molar-refractivity contribution in [3.63, 3.8) is 0 Å². The van der Waals surface area contributed by atoms with Gasteiger partial charge in [0.2, 0.25) is 11.8 Å². The van der Waals surface area contributed by atoms with Crippen molar-refractivity contribution in [2.45, 2.75) is 48.9 Å². The largest absolute Gasteiger partial charge is 0.496 e. The summed E-state index contributed by atoms with van der Waals surface area (Å²) in [5.74, 6) is -0.752. The summed E-state index contributed by atoms with van der Waals surface area (Å²) >= 11 is 1.39. The summed E-state index contributed by atoms with van der Waals surface area (Å²) in [4.78, 5) is 38.5. The second-order valence-corrected chi connectivity index (χ2v) is 9.21. The van der Waals surface area contributed by atoms with Gasteiger partial charge >= 0.3 is 5.97 Å². The quantitative estimate of drug-likeness (QED) is 0.683. The fourth-order valence-electron chi connectivity index (χ4n) is 3.75. The number of rotatable bonds is 6. The molecule has 2 aliphatic rings. The molecule has 0 saturated carbocycles. The molecule has 9 heteroatoms. The van der Waals surface area contributed by atoms with Crippen LogP contribution in [0.15, 0.2) is 18.2 Å². The number of carboxylic acids is 1. The van der Waals surface area contributed by atoms with Gasteiger partial charge in [-0.15, -0.1) is 11.8 Å². The van der Waals surface area contributed by atoms with Crippen LogP contribution >= 0.6 is 11.8 Å². The first kappa shape index (κ1) is 20.3. The zero-order valence-corrected chi connectivity index (χ0v) is 17.3. The minimum Gasteiger partial charge on any atom is -0.496 e. The molecule has 152 valence electrons. The summed E-state index contributed by atoms with van der Waals surface area (Å²) in [5.41, 5.74) is -0.740. The third-order valence-corrected chi connectivity index (χ3v) is 7.42. The lowest BCUT2D eigenvalue weighted by atomic mass is 9.82. The summed E-state index contributed by atoms with van der Waals surface area (Å²) in [6, 6.07) is 4.47. The Bertz CT molecular complexity index is 819. The van der Waals surface area contributed by atoms with Crippen LogP contribution in [0.2, 0.25) is 0 Å². The number of hydrogen-bond donors (Lipinski definition) is 2. The number of nitrogens with zero attached hydrogens (tertiary/aromatic N) is 1. The van der Waals surface area contributed by atoms with Crippen molar-refractivity contribution >= 4 is 29.5 Å². The number of carbonyl (C=O) groups is 3. The SMILES string of the molecule is COc1cccc(OC)c1CC(=O)NC1C(=O)N2[C@@H]1SC(C)(C)C2(C)C(=O)O. The van der Waals surface area contributed by atoms with Gasteiger partial charge in [-0.1, -0.05) is 6.07 Å². The van der Waals surface area contributed by atoms with E-state index in [9.17, 15) is 19.5 Å². The second-order valence-electron chi connectivity index (χ2n) is 7.47. The van der Waals surface area contributed by atoms with Gasteiger partial charge in [-0.2, -0.15) is 0 Å². The molecular formula is C19H24N2O6S. The minimum atomic E-state index is -1.33. The number of carboxylic acid groups (broad SMARTS) is 1. The Morgan fingerprint density at radius 1 is 1.21 bits per heavy atom. The highest BCUT2D eigenvalue weighted by molar-refractivity contribution is 8.01. The molecule has 0 bridgehead atoms. The lowest BCUT2D eigenvalue weighted by Gasteiger charge is -2.48. The van der Waals surface area contributed by atoms with Gasteiger partial charge in [0.25, 0.3) is 0 Å². The summed E-state index contributed by atoms with van der Waals surface area (Å²) < 4.78 is 9.91. The molecule has 0 aliphatic carbocycles. The molecular weight excluding hydrogens is 384 g/mol. The minimum absolute atomic E-state index is 0.0199. The van der Waals surface area contributed by atoms with Gasteiger partial charge in [-0.05, 0) is 32.9 Å². The predicted octanol–water partition coefficient (Wildman–Crippen LogP) is 1.27. The number of fused-ring (bicyclic) bond motifs is 1. The Morgan fingerprint density at radius 2 is 1.79 bits per heavy atom. The van der Waals surface area contributed by atoms with Gasteiger partial charge in [0, 0.05) is 10.3 Å². The van der Waals surface area contributed by atoms with Crippen molar-refractivity contribution in [3.05, 3.63) is 23.8 Å². The average Bonchev–Trinajstić information content (AvgIpc) is 2.84. The fourth-order valence-corrected chi connectivity index (χ4v) is 5.51. The number of nitrogens with one attached hydrogen (secondary N) is 1. The molecule has 2 heterocycles. The second kappa shape index (κ2) is 6.88. The first-order valence-corrected chi connectivity index (χ1v) is 9.70. The van der Waals surface area contributed by atoms with E-state index in [-0.39, 0.29) is 18.2 Å². The monoisotopic (exact) mass is 408 g/mol. The molecule has 3 atom stereocenters. The summed E-state index contributed by atoms with van der Waals surface area (Å²) in [6.07, 6.45) is -0.0199. The van der Waals surface area contributed by atoms with Gasteiger partial charge in [0.05, 0.1) is 20.6 Å². The summed E-state index contributed by atoms with van der Waals surface area (Å²) in [5, 5.41) is 12.0. The third kappa shape index (κ3) is 2.80. The Hall–Kier alpha value is -2.42. The van der Waals surface area contributed by atoms with Crippen molar-refractivity contribution in [1.82, 2.24) is 10.2 Å². The number of amides is 2. The topological polar surface area (TPSA) is 105 Å². The summed E-state index contributed by atoms with van der Waals surface area (Å²) in [7, 11) is 3.01. The van der Waals surface area contributed by atoms with Crippen molar-refractivity contribution in [2.75, 3.05) is 14.2 Å². The zero-order chi connectivity index (χ0) is 20.9. The van der Waals surface area contributed by atoms with Gasteiger partial charge < -0.3 is 24.8 Å². The molecule has 2 saturated heterocycles. The average molecular weight is 408 g/mol. The van der Waals surface area contributed by atoms with Crippen LogP contribution in [0.3, 0.4) is 0 Å². The van der Waals surface area contributed by atoms with Crippen molar-refractivity contribution in [2.24, 2.45) is 0 Å². The highest BCUT2D eigenvalue weighted by atomic mass is 32.2. The van der Waals surface area contributed by atoms with Crippen LogP contribution in [-0.2, 0) is 20.8 Å². The van der Waals surface area contributed by atoms with E-state index in [1.807, 2.05) is 0 Å². The smallest absolute Gasteiger partial charge is 0.330 e. The number of carbonyl (C=O) groups excluding carboxylic acids is 2. The maximum atomic E-state index is 12.7. The number of ether oxygens (including phenoxy) is 2. The normalized spacial score (nSPS) is 27.6. The van der Waals surface area contributed by atoms with Crippen molar-refractivity contribution in [3.8, 4) is 11.5 Å². The molecule has 28 heavy (non-hydrogen) atoms. The molecule has 2 unspecified atom stereocenters. The van der Waals surface area contributed by atoms with Crippen LogP contribution in [0.1, 0.15) is 26.3 Å². The van der Waals surface area contributed by atoms with E-state index >= 15 is 0 Å². The maximum Gasteiger partial charge on any atom is 0.330 e. The van der Waals surface area contributed by atoms with Crippen LogP contribution in [-0.4, -0.2) is 63.7 Å². The highest BCUT2D eigenvalue weighted by Crippen LogP contribution is 2.56. The predicted molar refractivity (Wildman–Crippen MR) is 104 cm³/mol. The lowest BCUT2D eigenvalue weighted by Crippen LogP contribution is -2.74. The molecule has 0 spiro atoms.